The lowest BCUT2D eigenvalue weighted by molar-refractivity contribution is 0.0931. The minimum absolute atomic E-state index is 0.119. The molecule has 1 amide bonds. The quantitative estimate of drug-likeness (QED) is 0.485. The SMILES string of the molecule is N#Cc1cc(C2CC2)cn2cc(Cn3cc(C(=O)NC4CCc5c4ccnc5N)nn3)nc12. The van der Waals surface area contributed by atoms with Gasteiger partial charge in [-0.15, -0.1) is 5.10 Å². The highest BCUT2D eigenvalue weighted by molar-refractivity contribution is 5.92. The van der Waals surface area contributed by atoms with Crippen LogP contribution in [0, 0.1) is 11.3 Å². The maximum absolute atomic E-state index is 12.8. The fourth-order valence-electron chi connectivity index (χ4n) is 4.56. The molecule has 2 aliphatic rings. The molecule has 4 heterocycles. The number of pyridine rings is 2. The predicted octanol–water partition coefficient (Wildman–Crippen LogP) is 2.12. The van der Waals surface area contributed by atoms with Crippen LogP contribution in [0.3, 0.4) is 0 Å². The molecular formula is C23H21N9O. The fraction of sp³-hybridized carbons (Fsp3) is 0.304. The van der Waals surface area contributed by atoms with Crippen molar-refractivity contribution in [3.8, 4) is 6.07 Å². The Morgan fingerprint density at radius 2 is 2.15 bits per heavy atom. The normalized spacial score (nSPS) is 17.1. The van der Waals surface area contributed by atoms with E-state index in [0.717, 1.165) is 29.7 Å². The van der Waals surface area contributed by atoms with E-state index < -0.39 is 0 Å². The van der Waals surface area contributed by atoms with Gasteiger partial charge >= 0.3 is 0 Å². The van der Waals surface area contributed by atoms with E-state index in [4.69, 9.17) is 5.73 Å². The van der Waals surface area contributed by atoms with Gasteiger partial charge in [0.15, 0.2) is 11.3 Å². The van der Waals surface area contributed by atoms with Crippen LogP contribution >= 0.6 is 0 Å². The number of hydrogen-bond acceptors (Lipinski definition) is 7. The number of rotatable bonds is 5. The third-order valence-corrected chi connectivity index (χ3v) is 6.38. The number of nitrogens with one attached hydrogen (secondary N) is 1. The predicted molar refractivity (Wildman–Crippen MR) is 118 cm³/mol. The highest BCUT2D eigenvalue weighted by Crippen LogP contribution is 2.40. The number of carbonyl (C=O) groups is 1. The summed E-state index contributed by atoms with van der Waals surface area (Å²) in [6.45, 7) is 0.347. The zero-order valence-corrected chi connectivity index (χ0v) is 17.8. The molecule has 4 aromatic rings. The Bertz CT molecular complexity index is 1440. The molecule has 1 fully saturated rings. The van der Waals surface area contributed by atoms with Crippen LogP contribution < -0.4 is 11.1 Å². The standard InChI is InChI=1S/C23H21N9O/c24-8-14-7-15(13-1-2-13)9-31-10-16(27-22(14)31)11-32-12-20(29-30-32)23(33)28-19-4-3-18-17(19)5-6-26-21(18)25/h5-7,9-10,12-13,19H,1-4,11H2,(H2,25,26)(H,28,33). The van der Waals surface area contributed by atoms with E-state index in [1.165, 1.54) is 18.4 Å². The lowest BCUT2D eigenvalue weighted by atomic mass is 10.1. The summed E-state index contributed by atoms with van der Waals surface area (Å²) >= 11 is 0. The minimum atomic E-state index is -0.287. The zero-order valence-electron chi connectivity index (χ0n) is 17.8. The number of nitrogen functional groups attached to an aromatic ring is 1. The first-order valence-corrected chi connectivity index (χ1v) is 10.9. The van der Waals surface area contributed by atoms with Gasteiger partial charge in [-0.3, -0.25) is 4.79 Å². The molecule has 1 unspecified atom stereocenters. The van der Waals surface area contributed by atoms with Crippen LogP contribution in [0.2, 0.25) is 0 Å². The summed E-state index contributed by atoms with van der Waals surface area (Å²) in [6, 6.07) is 5.97. The van der Waals surface area contributed by atoms with E-state index in [9.17, 15) is 10.1 Å². The van der Waals surface area contributed by atoms with Gasteiger partial charge in [-0.2, -0.15) is 5.26 Å². The number of nitrogens with two attached hydrogens (primary N) is 1. The van der Waals surface area contributed by atoms with Gasteiger partial charge in [-0.1, -0.05) is 5.21 Å². The van der Waals surface area contributed by atoms with E-state index >= 15 is 0 Å². The second-order valence-electron chi connectivity index (χ2n) is 8.67. The lowest BCUT2D eigenvalue weighted by Gasteiger charge is -2.13. The molecule has 164 valence electrons. The topological polar surface area (TPSA) is 140 Å². The molecule has 6 rings (SSSR count). The molecule has 0 aromatic carbocycles. The summed E-state index contributed by atoms with van der Waals surface area (Å²) in [7, 11) is 0. The molecule has 1 saturated carbocycles. The molecular weight excluding hydrogens is 418 g/mol. The molecule has 0 aliphatic heterocycles. The van der Waals surface area contributed by atoms with E-state index in [-0.39, 0.29) is 17.6 Å². The van der Waals surface area contributed by atoms with Crippen LogP contribution in [0.1, 0.15) is 69.7 Å². The molecule has 10 heteroatoms. The first-order valence-electron chi connectivity index (χ1n) is 10.9. The molecule has 2 aliphatic carbocycles. The average molecular weight is 439 g/mol. The van der Waals surface area contributed by atoms with E-state index in [2.05, 4.69) is 31.7 Å². The van der Waals surface area contributed by atoms with Crippen molar-refractivity contribution < 1.29 is 4.79 Å². The van der Waals surface area contributed by atoms with Gasteiger partial charge < -0.3 is 15.5 Å². The van der Waals surface area contributed by atoms with Crippen LogP contribution in [-0.2, 0) is 13.0 Å². The number of hydrogen-bond donors (Lipinski definition) is 2. The van der Waals surface area contributed by atoms with Crippen LogP contribution in [0.15, 0.2) is 36.9 Å². The summed E-state index contributed by atoms with van der Waals surface area (Å²) in [5.41, 5.74) is 11.3. The molecule has 0 bridgehead atoms. The number of nitriles is 1. The van der Waals surface area contributed by atoms with Crippen molar-refractivity contribution in [2.45, 2.75) is 44.2 Å². The Morgan fingerprint density at radius 1 is 1.27 bits per heavy atom. The van der Waals surface area contributed by atoms with Crippen molar-refractivity contribution in [2.75, 3.05) is 5.73 Å². The minimum Gasteiger partial charge on any atom is -0.383 e. The van der Waals surface area contributed by atoms with Gasteiger partial charge in [-0.25, -0.2) is 14.6 Å². The number of aromatic nitrogens is 6. The number of carbonyl (C=O) groups excluding carboxylic acids is 1. The maximum Gasteiger partial charge on any atom is 0.273 e. The molecule has 1 atom stereocenters. The smallest absolute Gasteiger partial charge is 0.273 e. The Balaban J connectivity index is 1.19. The van der Waals surface area contributed by atoms with Crippen molar-refractivity contribution in [3.63, 3.8) is 0 Å². The number of amides is 1. The first kappa shape index (κ1) is 19.4. The molecule has 3 N–H and O–H groups in total. The third-order valence-electron chi connectivity index (χ3n) is 6.38. The van der Waals surface area contributed by atoms with Crippen LogP contribution in [0.25, 0.3) is 5.65 Å². The molecule has 0 radical (unpaired) electrons. The highest BCUT2D eigenvalue weighted by atomic mass is 16.2. The zero-order chi connectivity index (χ0) is 22.5. The maximum atomic E-state index is 12.8. The van der Waals surface area contributed by atoms with Crippen molar-refractivity contribution in [3.05, 3.63) is 70.6 Å². The summed E-state index contributed by atoms with van der Waals surface area (Å²) in [4.78, 5) is 21.5. The van der Waals surface area contributed by atoms with Crippen LogP contribution in [0.5, 0.6) is 0 Å². The Kier molecular flexibility index (Phi) is 4.36. The van der Waals surface area contributed by atoms with E-state index in [0.29, 0.717) is 29.5 Å². The second-order valence-corrected chi connectivity index (χ2v) is 8.67. The Morgan fingerprint density at radius 3 is 2.97 bits per heavy atom. The molecule has 10 nitrogen and oxygen atoms in total. The number of fused-ring (bicyclic) bond motifs is 2. The van der Waals surface area contributed by atoms with Crippen molar-refractivity contribution >= 4 is 17.4 Å². The van der Waals surface area contributed by atoms with Gasteiger partial charge in [0.1, 0.15) is 11.9 Å². The third kappa shape index (κ3) is 3.47. The molecule has 0 spiro atoms. The van der Waals surface area contributed by atoms with E-state index in [1.54, 1.807) is 17.1 Å². The van der Waals surface area contributed by atoms with Crippen molar-refractivity contribution in [2.24, 2.45) is 0 Å². The number of nitrogens with zero attached hydrogens (tertiary/aromatic N) is 7. The molecule has 4 aromatic heterocycles. The first-order chi connectivity index (χ1) is 16.1. The summed E-state index contributed by atoms with van der Waals surface area (Å²) in [5.74, 6) is 0.778. The average Bonchev–Trinajstić information content (AvgIpc) is 3.21. The van der Waals surface area contributed by atoms with Crippen LogP contribution in [0.4, 0.5) is 5.82 Å². The molecule has 0 saturated heterocycles. The summed E-state index contributed by atoms with van der Waals surface area (Å²) in [5, 5.41) is 20.7. The van der Waals surface area contributed by atoms with Crippen LogP contribution in [-0.4, -0.2) is 35.3 Å². The largest absolute Gasteiger partial charge is 0.383 e. The van der Waals surface area contributed by atoms with Crippen molar-refractivity contribution in [1.82, 2.24) is 34.7 Å². The van der Waals surface area contributed by atoms with Gasteiger partial charge in [0, 0.05) is 18.6 Å². The van der Waals surface area contributed by atoms with Gasteiger partial charge in [0.2, 0.25) is 0 Å². The Hall–Kier alpha value is -4.26. The number of anilines is 1. The van der Waals surface area contributed by atoms with Gasteiger partial charge in [-0.05, 0) is 60.4 Å². The number of imidazole rings is 1. The second kappa shape index (κ2) is 7.41. The Labute approximate surface area is 189 Å². The van der Waals surface area contributed by atoms with E-state index in [1.807, 2.05) is 28.9 Å². The molecule has 33 heavy (non-hydrogen) atoms. The monoisotopic (exact) mass is 439 g/mol. The lowest BCUT2D eigenvalue weighted by Crippen LogP contribution is -2.27. The highest BCUT2D eigenvalue weighted by Gasteiger charge is 2.27. The van der Waals surface area contributed by atoms with Gasteiger partial charge in [0.25, 0.3) is 5.91 Å². The summed E-state index contributed by atoms with van der Waals surface area (Å²) in [6.07, 6.45) is 11.1. The fourth-order valence-corrected chi connectivity index (χ4v) is 4.56. The van der Waals surface area contributed by atoms with Crippen molar-refractivity contribution in [1.29, 1.82) is 5.26 Å². The summed E-state index contributed by atoms with van der Waals surface area (Å²) < 4.78 is 3.49. The van der Waals surface area contributed by atoms with Gasteiger partial charge in [0.05, 0.1) is 30.0 Å².